The van der Waals surface area contributed by atoms with E-state index in [4.69, 9.17) is 10.4 Å². The number of nitriles is 1. The van der Waals surface area contributed by atoms with Crippen LogP contribution in [0, 0.1) is 17.2 Å². The van der Waals surface area contributed by atoms with Crippen LogP contribution in [-0.4, -0.2) is 41.1 Å². The van der Waals surface area contributed by atoms with Crippen molar-refractivity contribution in [1.29, 1.82) is 5.26 Å². The van der Waals surface area contributed by atoms with Gasteiger partial charge < -0.3 is 15.3 Å². The molecule has 0 aromatic carbocycles. The maximum absolute atomic E-state index is 11.7. The van der Waals surface area contributed by atoms with Gasteiger partial charge in [0.05, 0.1) is 12.0 Å². The Hall–Kier alpha value is -1.77. The fourth-order valence-corrected chi connectivity index (χ4v) is 1.76. The smallest absolute Gasteiger partial charge is 0.329 e. The Morgan fingerprint density at radius 1 is 1.59 bits per heavy atom. The molecule has 0 aromatic heterocycles. The van der Waals surface area contributed by atoms with E-state index in [9.17, 15) is 9.59 Å². The summed E-state index contributed by atoms with van der Waals surface area (Å²) in [5.41, 5.74) is -1.10. The molecule has 2 amide bonds. The molecule has 1 saturated carbocycles. The van der Waals surface area contributed by atoms with E-state index >= 15 is 0 Å². The van der Waals surface area contributed by atoms with Gasteiger partial charge in [-0.2, -0.15) is 5.26 Å². The Morgan fingerprint density at radius 2 is 2.18 bits per heavy atom. The second kappa shape index (κ2) is 5.04. The van der Waals surface area contributed by atoms with Crippen LogP contribution in [0.1, 0.15) is 26.2 Å². The lowest BCUT2D eigenvalue weighted by atomic mass is 9.77. The van der Waals surface area contributed by atoms with Gasteiger partial charge in [0.25, 0.3) is 0 Å². The van der Waals surface area contributed by atoms with Crippen molar-refractivity contribution in [2.24, 2.45) is 5.92 Å². The molecule has 0 saturated heterocycles. The van der Waals surface area contributed by atoms with Crippen molar-refractivity contribution in [1.82, 2.24) is 10.2 Å². The fourth-order valence-electron chi connectivity index (χ4n) is 1.76. The zero-order chi connectivity index (χ0) is 13.1. The number of rotatable bonds is 4. The normalized spacial score (nSPS) is 18.4. The molecule has 0 spiro atoms. The molecule has 1 atom stereocenters. The van der Waals surface area contributed by atoms with Crippen molar-refractivity contribution >= 4 is 12.0 Å². The first kappa shape index (κ1) is 13.3. The lowest BCUT2D eigenvalue weighted by Gasteiger charge is -2.39. The summed E-state index contributed by atoms with van der Waals surface area (Å²) in [4.78, 5) is 24.1. The van der Waals surface area contributed by atoms with Crippen LogP contribution in [0.25, 0.3) is 0 Å². The van der Waals surface area contributed by atoms with Gasteiger partial charge in [0.2, 0.25) is 0 Å². The van der Waals surface area contributed by atoms with Crippen molar-refractivity contribution in [3.8, 4) is 6.07 Å². The van der Waals surface area contributed by atoms with Crippen LogP contribution in [0.3, 0.4) is 0 Å². The van der Waals surface area contributed by atoms with E-state index in [2.05, 4.69) is 5.32 Å². The highest BCUT2D eigenvalue weighted by Gasteiger charge is 2.46. The quantitative estimate of drug-likeness (QED) is 0.758. The molecule has 17 heavy (non-hydrogen) atoms. The van der Waals surface area contributed by atoms with E-state index in [1.807, 2.05) is 6.07 Å². The molecule has 2 N–H and O–H groups in total. The molecule has 0 radical (unpaired) electrons. The van der Waals surface area contributed by atoms with E-state index in [1.54, 1.807) is 14.0 Å². The minimum atomic E-state index is -1.10. The number of carbonyl (C=O) groups is 2. The van der Waals surface area contributed by atoms with E-state index in [0.29, 0.717) is 12.8 Å². The summed E-state index contributed by atoms with van der Waals surface area (Å²) < 4.78 is 0. The Morgan fingerprint density at radius 3 is 2.53 bits per heavy atom. The number of carboxylic acids is 1. The summed E-state index contributed by atoms with van der Waals surface area (Å²) in [6.07, 6.45) is 1.75. The number of hydrogen-bond acceptors (Lipinski definition) is 3. The van der Waals surface area contributed by atoms with Crippen LogP contribution in [0.4, 0.5) is 4.79 Å². The van der Waals surface area contributed by atoms with Crippen molar-refractivity contribution in [3.05, 3.63) is 0 Å². The molecule has 0 heterocycles. The number of carbonyl (C=O) groups excluding carboxylic acids is 1. The summed E-state index contributed by atoms with van der Waals surface area (Å²) in [5, 5.41) is 20.2. The van der Waals surface area contributed by atoms with Crippen molar-refractivity contribution in [3.63, 3.8) is 0 Å². The van der Waals surface area contributed by atoms with Gasteiger partial charge in [-0.3, -0.25) is 0 Å². The molecule has 0 bridgehead atoms. The molecular formula is C11H17N3O3. The first-order valence-electron chi connectivity index (χ1n) is 5.57. The zero-order valence-electron chi connectivity index (χ0n) is 10.1. The summed E-state index contributed by atoms with van der Waals surface area (Å²) in [6, 6.07) is 1.59. The van der Waals surface area contributed by atoms with E-state index < -0.39 is 17.5 Å². The third-order valence-electron chi connectivity index (χ3n) is 3.08. The molecule has 1 fully saturated rings. The first-order chi connectivity index (χ1) is 7.91. The predicted molar refractivity (Wildman–Crippen MR) is 60.2 cm³/mol. The molecule has 1 aliphatic rings. The molecule has 0 aromatic rings. The fraction of sp³-hybridized carbons (Fsp3) is 0.727. The van der Waals surface area contributed by atoms with Crippen molar-refractivity contribution in [2.75, 3.05) is 13.6 Å². The van der Waals surface area contributed by atoms with Crippen LogP contribution in [0.5, 0.6) is 0 Å². The largest absolute Gasteiger partial charge is 0.480 e. The lowest BCUT2D eigenvalue weighted by molar-refractivity contribution is -0.148. The number of urea groups is 1. The molecule has 94 valence electrons. The minimum Gasteiger partial charge on any atom is -0.480 e. The van der Waals surface area contributed by atoms with Crippen LogP contribution < -0.4 is 5.32 Å². The second-order valence-electron chi connectivity index (χ2n) is 4.58. The van der Waals surface area contributed by atoms with Crippen LogP contribution in [0.15, 0.2) is 0 Å². The van der Waals surface area contributed by atoms with Gasteiger partial charge in [0.1, 0.15) is 5.54 Å². The monoisotopic (exact) mass is 239 g/mol. The SMILES string of the molecule is CC(C#N)CN(C)C(=O)NC1(C(=O)O)CCC1. The number of carboxylic acid groups (broad SMARTS) is 1. The van der Waals surface area contributed by atoms with Crippen LogP contribution >= 0.6 is 0 Å². The molecule has 1 aliphatic carbocycles. The van der Waals surface area contributed by atoms with E-state index in [-0.39, 0.29) is 12.5 Å². The van der Waals surface area contributed by atoms with Crippen molar-refractivity contribution in [2.45, 2.75) is 31.7 Å². The number of aliphatic carboxylic acids is 1. The molecule has 1 unspecified atom stereocenters. The highest BCUT2D eigenvalue weighted by Crippen LogP contribution is 2.32. The van der Waals surface area contributed by atoms with Gasteiger partial charge in [-0.25, -0.2) is 9.59 Å². The maximum atomic E-state index is 11.7. The average molecular weight is 239 g/mol. The molecule has 1 rings (SSSR count). The predicted octanol–water partition coefficient (Wildman–Crippen LogP) is 0.795. The Bertz CT molecular complexity index is 357. The number of amides is 2. The summed E-state index contributed by atoms with van der Waals surface area (Å²) in [5.74, 6) is -1.26. The maximum Gasteiger partial charge on any atom is 0.329 e. The molecule has 0 aliphatic heterocycles. The molecule has 6 heteroatoms. The highest BCUT2D eigenvalue weighted by atomic mass is 16.4. The van der Waals surface area contributed by atoms with Crippen LogP contribution in [-0.2, 0) is 4.79 Å². The zero-order valence-corrected chi connectivity index (χ0v) is 10.1. The highest BCUT2D eigenvalue weighted by molar-refractivity contribution is 5.87. The number of nitrogens with one attached hydrogen (secondary N) is 1. The Balaban J connectivity index is 2.54. The first-order valence-corrected chi connectivity index (χ1v) is 5.57. The van der Waals surface area contributed by atoms with Gasteiger partial charge in [-0.05, 0) is 26.2 Å². The summed E-state index contributed by atoms with van der Waals surface area (Å²) in [6.45, 7) is 2.00. The third-order valence-corrected chi connectivity index (χ3v) is 3.08. The standard InChI is InChI=1S/C11H17N3O3/c1-8(6-12)7-14(2)10(17)13-11(9(15)16)4-3-5-11/h8H,3-5,7H2,1-2H3,(H,13,17)(H,15,16). The summed E-state index contributed by atoms with van der Waals surface area (Å²) in [7, 11) is 1.55. The average Bonchev–Trinajstić information content (AvgIpc) is 2.22. The number of nitrogens with zero attached hydrogens (tertiary/aromatic N) is 2. The Kier molecular flexibility index (Phi) is 3.94. The van der Waals surface area contributed by atoms with Crippen LogP contribution in [0.2, 0.25) is 0 Å². The van der Waals surface area contributed by atoms with E-state index in [1.165, 1.54) is 4.90 Å². The second-order valence-corrected chi connectivity index (χ2v) is 4.58. The minimum absolute atomic E-state index is 0.270. The van der Waals surface area contributed by atoms with Gasteiger partial charge >= 0.3 is 12.0 Å². The van der Waals surface area contributed by atoms with Gasteiger partial charge in [-0.15, -0.1) is 0 Å². The summed E-state index contributed by atoms with van der Waals surface area (Å²) >= 11 is 0. The van der Waals surface area contributed by atoms with Gasteiger partial charge in [0.15, 0.2) is 0 Å². The third kappa shape index (κ3) is 2.87. The van der Waals surface area contributed by atoms with Gasteiger partial charge in [-0.1, -0.05) is 0 Å². The Labute approximate surface area is 100 Å². The topological polar surface area (TPSA) is 93.4 Å². The van der Waals surface area contributed by atoms with Gasteiger partial charge in [0, 0.05) is 13.6 Å². The lowest BCUT2D eigenvalue weighted by Crippen LogP contribution is -2.61. The number of hydrogen-bond donors (Lipinski definition) is 2. The van der Waals surface area contributed by atoms with Crippen molar-refractivity contribution < 1.29 is 14.7 Å². The molecule has 6 nitrogen and oxygen atoms in total. The molecular weight excluding hydrogens is 222 g/mol. The van der Waals surface area contributed by atoms with E-state index in [0.717, 1.165) is 6.42 Å².